The molecule has 0 aliphatic heterocycles. The molecule has 0 aliphatic carbocycles. The number of hydrogen-bond donors (Lipinski definition) is 0. The Morgan fingerprint density at radius 3 is 2.73 bits per heavy atom. The van der Waals surface area contributed by atoms with Crippen LogP contribution in [0.3, 0.4) is 0 Å². The van der Waals surface area contributed by atoms with Crippen LogP contribution in [0.4, 0.5) is 0 Å². The Kier molecular flexibility index (Phi) is 3.82. The Morgan fingerprint density at radius 2 is 2.20 bits per heavy atom. The Morgan fingerprint density at radius 1 is 1.53 bits per heavy atom. The number of carbonyl (C=O) groups excluding carboxylic acids is 1. The molecule has 0 amide bonds. The summed E-state index contributed by atoms with van der Waals surface area (Å²) in [6.07, 6.45) is 0.775. The first kappa shape index (κ1) is 11.7. The van der Waals surface area contributed by atoms with E-state index in [9.17, 15) is 4.79 Å². The van der Waals surface area contributed by atoms with Crippen LogP contribution in [0.5, 0.6) is 0 Å². The lowest BCUT2D eigenvalue weighted by Crippen LogP contribution is -2.11. The van der Waals surface area contributed by atoms with Crippen LogP contribution in [0, 0.1) is 5.92 Å². The van der Waals surface area contributed by atoms with Crippen LogP contribution in [-0.2, 0) is 18.2 Å². The summed E-state index contributed by atoms with van der Waals surface area (Å²) in [6.45, 7) is 6.30. The van der Waals surface area contributed by atoms with Crippen molar-refractivity contribution in [3.05, 3.63) is 11.4 Å². The van der Waals surface area contributed by atoms with Gasteiger partial charge in [0.1, 0.15) is 0 Å². The number of carbonyl (C=O) groups is 1. The van der Waals surface area contributed by atoms with E-state index >= 15 is 0 Å². The molecule has 0 spiro atoms. The van der Waals surface area contributed by atoms with E-state index < -0.39 is 0 Å². The molecule has 0 fully saturated rings. The highest BCUT2D eigenvalue weighted by molar-refractivity contribution is 5.88. The van der Waals surface area contributed by atoms with E-state index in [-0.39, 0.29) is 5.97 Å². The van der Waals surface area contributed by atoms with Gasteiger partial charge in [0.15, 0.2) is 5.69 Å². The molecule has 1 heterocycles. The smallest absolute Gasteiger partial charge is 0.360 e. The monoisotopic (exact) mass is 211 g/mol. The van der Waals surface area contributed by atoms with Gasteiger partial charge in [-0.3, -0.25) is 4.68 Å². The molecule has 0 bridgehead atoms. The van der Waals surface area contributed by atoms with Crippen LogP contribution in [0.1, 0.15) is 37.0 Å². The third-order valence-corrected chi connectivity index (χ3v) is 2.01. The van der Waals surface area contributed by atoms with Gasteiger partial charge in [0.25, 0.3) is 0 Å². The van der Waals surface area contributed by atoms with Gasteiger partial charge in [0.05, 0.1) is 12.3 Å². The van der Waals surface area contributed by atoms with E-state index in [1.165, 1.54) is 0 Å². The van der Waals surface area contributed by atoms with Crippen LogP contribution in [0.15, 0.2) is 0 Å². The molecule has 0 radical (unpaired) electrons. The van der Waals surface area contributed by atoms with E-state index in [0.717, 1.165) is 12.1 Å². The number of ether oxygens (including phenoxy) is 1. The average Bonchev–Trinajstić information content (AvgIpc) is 2.48. The van der Waals surface area contributed by atoms with Crippen molar-refractivity contribution in [2.24, 2.45) is 13.0 Å². The van der Waals surface area contributed by atoms with Crippen molar-refractivity contribution in [1.29, 1.82) is 0 Å². The number of aromatic nitrogens is 3. The second-order valence-electron chi connectivity index (χ2n) is 3.83. The second-order valence-corrected chi connectivity index (χ2v) is 3.83. The van der Waals surface area contributed by atoms with Crippen LogP contribution in [0.2, 0.25) is 0 Å². The predicted molar refractivity (Wildman–Crippen MR) is 55.5 cm³/mol. The molecule has 0 unspecified atom stereocenters. The first-order valence-corrected chi connectivity index (χ1v) is 5.11. The minimum atomic E-state index is -0.388. The van der Waals surface area contributed by atoms with Crippen molar-refractivity contribution in [3.63, 3.8) is 0 Å². The van der Waals surface area contributed by atoms with Crippen molar-refractivity contribution in [1.82, 2.24) is 15.0 Å². The molecule has 15 heavy (non-hydrogen) atoms. The highest BCUT2D eigenvalue weighted by Gasteiger charge is 2.19. The maximum Gasteiger partial charge on any atom is 0.360 e. The second kappa shape index (κ2) is 4.91. The molecule has 0 saturated heterocycles. The largest absolute Gasteiger partial charge is 0.461 e. The number of rotatable bonds is 4. The number of aryl methyl sites for hydroxylation is 1. The highest BCUT2D eigenvalue weighted by Crippen LogP contribution is 2.11. The first-order valence-electron chi connectivity index (χ1n) is 5.11. The molecular weight excluding hydrogens is 194 g/mol. The summed E-state index contributed by atoms with van der Waals surface area (Å²) in [5, 5.41) is 7.66. The standard InChI is InChI=1S/C10H17N3O2/c1-5-15-10(14)9-8(6-7(2)3)13(4)12-11-9/h7H,5-6H2,1-4H3. The zero-order valence-corrected chi connectivity index (χ0v) is 9.65. The summed E-state index contributed by atoms with van der Waals surface area (Å²) in [5.41, 5.74) is 1.18. The van der Waals surface area contributed by atoms with Gasteiger partial charge in [-0.25, -0.2) is 4.79 Å². The van der Waals surface area contributed by atoms with Gasteiger partial charge in [-0.15, -0.1) is 5.10 Å². The van der Waals surface area contributed by atoms with Crippen molar-refractivity contribution < 1.29 is 9.53 Å². The Balaban J connectivity index is 2.92. The van der Waals surface area contributed by atoms with Crippen molar-refractivity contribution in [3.8, 4) is 0 Å². The number of esters is 1. The van der Waals surface area contributed by atoms with Gasteiger partial charge >= 0.3 is 5.97 Å². The van der Waals surface area contributed by atoms with Gasteiger partial charge in [-0.05, 0) is 19.3 Å². The van der Waals surface area contributed by atoms with Crippen molar-refractivity contribution in [2.45, 2.75) is 27.2 Å². The average molecular weight is 211 g/mol. The molecular formula is C10H17N3O2. The maximum absolute atomic E-state index is 11.5. The lowest BCUT2D eigenvalue weighted by atomic mass is 10.1. The van der Waals surface area contributed by atoms with Gasteiger partial charge in [0, 0.05) is 7.05 Å². The molecule has 1 rings (SSSR count). The van der Waals surface area contributed by atoms with Gasteiger partial charge in [0.2, 0.25) is 0 Å². The number of nitrogens with zero attached hydrogens (tertiary/aromatic N) is 3. The summed E-state index contributed by atoms with van der Waals surface area (Å²) >= 11 is 0. The summed E-state index contributed by atoms with van der Waals surface area (Å²) in [6, 6.07) is 0. The molecule has 1 aromatic heterocycles. The topological polar surface area (TPSA) is 57.0 Å². The maximum atomic E-state index is 11.5. The van der Waals surface area contributed by atoms with E-state index in [1.807, 2.05) is 0 Å². The minimum Gasteiger partial charge on any atom is -0.461 e. The van der Waals surface area contributed by atoms with Gasteiger partial charge < -0.3 is 4.74 Å². The lowest BCUT2D eigenvalue weighted by molar-refractivity contribution is 0.0518. The molecule has 1 aromatic rings. The normalized spacial score (nSPS) is 10.7. The molecule has 84 valence electrons. The van der Waals surface area contributed by atoms with Crippen LogP contribution in [0.25, 0.3) is 0 Å². The lowest BCUT2D eigenvalue weighted by Gasteiger charge is -2.06. The SMILES string of the molecule is CCOC(=O)c1nnn(C)c1CC(C)C. The quantitative estimate of drug-likeness (QED) is 0.702. The minimum absolute atomic E-state index is 0.341. The third kappa shape index (κ3) is 2.78. The van der Waals surface area contributed by atoms with E-state index in [2.05, 4.69) is 24.2 Å². The summed E-state index contributed by atoms with van der Waals surface area (Å²) in [5.74, 6) is 0.0663. The van der Waals surface area contributed by atoms with Crippen LogP contribution in [-0.4, -0.2) is 27.6 Å². The summed E-state index contributed by atoms with van der Waals surface area (Å²) in [7, 11) is 1.79. The molecule has 5 heteroatoms. The van der Waals surface area contributed by atoms with Crippen molar-refractivity contribution in [2.75, 3.05) is 6.61 Å². The fourth-order valence-electron chi connectivity index (χ4n) is 1.35. The molecule has 0 N–H and O–H groups in total. The zero-order chi connectivity index (χ0) is 11.4. The zero-order valence-electron chi connectivity index (χ0n) is 9.65. The van der Waals surface area contributed by atoms with E-state index in [1.54, 1.807) is 18.7 Å². The Labute approximate surface area is 89.4 Å². The number of hydrogen-bond acceptors (Lipinski definition) is 4. The fourth-order valence-corrected chi connectivity index (χ4v) is 1.35. The molecule has 0 saturated carbocycles. The molecule has 0 aliphatic rings. The Bertz CT molecular complexity index is 344. The summed E-state index contributed by atoms with van der Waals surface area (Å²) < 4.78 is 6.54. The Hall–Kier alpha value is -1.39. The molecule has 5 nitrogen and oxygen atoms in total. The van der Waals surface area contributed by atoms with Crippen LogP contribution < -0.4 is 0 Å². The van der Waals surface area contributed by atoms with Gasteiger partial charge in [-0.2, -0.15) is 0 Å². The van der Waals surface area contributed by atoms with E-state index in [0.29, 0.717) is 18.2 Å². The molecule has 0 aromatic carbocycles. The highest BCUT2D eigenvalue weighted by atomic mass is 16.5. The van der Waals surface area contributed by atoms with Crippen molar-refractivity contribution >= 4 is 5.97 Å². The first-order chi connectivity index (χ1) is 7.06. The fraction of sp³-hybridized carbons (Fsp3) is 0.700. The van der Waals surface area contributed by atoms with Gasteiger partial charge in [-0.1, -0.05) is 19.1 Å². The molecule has 0 atom stereocenters. The summed E-state index contributed by atoms with van der Waals surface area (Å²) in [4.78, 5) is 11.5. The predicted octanol–water partition coefficient (Wildman–Crippen LogP) is 1.19. The van der Waals surface area contributed by atoms with Crippen LogP contribution >= 0.6 is 0 Å². The third-order valence-electron chi connectivity index (χ3n) is 2.01. The van der Waals surface area contributed by atoms with E-state index in [4.69, 9.17) is 4.74 Å².